The number of aromatic nitrogens is 6. The number of alkyl halides is 1. The Hall–Kier alpha value is -6.61. The number of aliphatic hydroxyl groups is 1. The number of thiazole rings is 1. The first-order valence-corrected chi connectivity index (χ1v) is 26.9. The van der Waals surface area contributed by atoms with E-state index in [4.69, 9.17) is 29.2 Å². The normalized spacial score (nSPS) is 21.8. The molecule has 5 atom stereocenters. The molecule has 396 valence electrons. The van der Waals surface area contributed by atoms with Gasteiger partial charge >= 0.3 is 6.01 Å². The maximum atomic E-state index is 16.3. The highest BCUT2D eigenvalue weighted by Crippen LogP contribution is 2.50. The summed E-state index contributed by atoms with van der Waals surface area (Å²) in [5.41, 5.74) is 8.11. The van der Waals surface area contributed by atoms with Crippen LogP contribution in [0, 0.1) is 35.4 Å². The molecule has 0 bridgehead atoms. The first-order valence-electron chi connectivity index (χ1n) is 25.2. The third-order valence-corrected chi connectivity index (χ3v) is 17.4. The lowest BCUT2D eigenvalue weighted by molar-refractivity contribution is -0.141. The number of aryl methyl sites for hydroxylation is 2. The van der Waals surface area contributed by atoms with Crippen LogP contribution in [0.1, 0.15) is 124 Å². The summed E-state index contributed by atoms with van der Waals surface area (Å²) < 4.78 is 55.2. The number of carbonyl (C=O) groups excluding carboxylic acids is 2. The van der Waals surface area contributed by atoms with Crippen molar-refractivity contribution in [3.63, 3.8) is 0 Å². The Bertz CT molecular complexity index is 3140. The number of nitrogens with two attached hydrogens (primary N) is 1. The van der Waals surface area contributed by atoms with Crippen LogP contribution < -0.4 is 20.5 Å². The van der Waals surface area contributed by atoms with Crippen molar-refractivity contribution in [2.45, 2.75) is 121 Å². The lowest BCUT2D eigenvalue weighted by Crippen LogP contribution is -2.48. The number of nitrogen functional groups attached to an aromatic ring is 1. The number of carbonyl (C=O) groups is 2. The number of hydrogen-bond donors (Lipinski definition) is 4. The number of aliphatic hydroxyl groups excluding tert-OH is 1. The van der Waals surface area contributed by atoms with Gasteiger partial charge in [-0.3, -0.25) is 9.59 Å². The molecular formula is C52H59F2N11O8S2. The predicted octanol–water partition coefficient (Wildman–Crippen LogP) is 7.57. The predicted molar refractivity (Wildman–Crippen MR) is 271 cm³/mol. The number of thiophene rings is 1. The van der Waals surface area contributed by atoms with Gasteiger partial charge in [0.25, 0.3) is 5.88 Å². The van der Waals surface area contributed by atoms with Gasteiger partial charge in [-0.1, -0.05) is 19.0 Å². The van der Waals surface area contributed by atoms with Crippen LogP contribution in [-0.2, 0) is 21.4 Å². The average molecular weight is 1070 g/mol. The highest BCUT2D eigenvalue weighted by atomic mass is 32.1. The summed E-state index contributed by atoms with van der Waals surface area (Å²) in [5, 5.41) is 43.1. The molecule has 6 aromatic rings. The lowest BCUT2D eigenvalue weighted by Gasteiger charge is -2.37. The van der Waals surface area contributed by atoms with Gasteiger partial charge in [0.05, 0.1) is 45.8 Å². The summed E-state index contributed by atoms with van der Waals surface area (Å²) in [6, 6.07) is 6.17. The van der Waals surface area contributed by atoms with E-state index in [1.807, 2.05) is 20.8 Å². The quantitative estimate of drug-likeness (QED) is 0.0686. The van der Waals surface area contributed by atoms with Crippen molar-refractivity contribution in [3.05, 3.63) is 80.7 Å². The van der Waals surface area contributed by atoms with Gasteiger partial charge < -0.3 is 49.6 Å². The summed E-state index contributed by atoms with van der Waals surface area (Å²) in [5.74, 6) is -2.27. The molecule has 7 heterocycles. The lowest BCUT2D eigenvalue weighted by atomic mass is 9.72. The van der Waals surface area contributed by atoms with Crippen LogP contribution >= 0.6 is 22.7 Å². The molecule has 2 saturated heterocycles. The van der Waals surface area contributed by atoms with Gasteiger partial charge in [0.15, 0.2) is 5.76 Å². The van der Waals surface area contributed by atoms with Crippen molar-refractivity contribution in [1.82, 2.24) is 45.4 Å². The van der Waals surface area contributed by atoms with E-state index in [0.717, 1.165) is 42.5 Å². The van der Waals surface area contributed by atoms with E-state index in [0.29, 0.717) is 59.0 Å². The Labute approximate surface area is 439 Å². The number of ether oxygens (including phenoxy) is 2. The number of phenolic OH excluding ortho intramolecular Hbond substituents is 1. The zero-order valence-corrected chi connectivity index (χ0v) is 43.9. The summed E-state index contributed by atoms with van der Waals surface area (Å²) in [7, 11) is 0. The first kappa shape index (κ1) is 51.9. The van der Waals surface area contributed by atoms with E-state index in [1.54, 1.807) is 31.6 Å². The van der Waals surface area contributed by atoms with Gasteiger partial charge in [-0.15, -0.1) is 22.7 Å². The van der Waals surface area contributed by atoms with Gasteiger partial charge in [0.1, 0.15) is 52.6 Å². The van der Waals surface area contributed by atoms with Crippen molar-refractivity contribution in [3.8, 4) is 45.7 Å². The van der Waals surface area contributed by atoms with Gasteiger partial charge in [0.2, 0.25) is 23.5 Å². The minimum absolute atomic E-state index is 0.0198. The molecule has 1 saturated carbocycles. The van der Waals surface area contributed by atoms with Crippen molar-refractivity contribution in [2.75, 3.05) is 45.1 Å². The topological polar surface area (TPSA) is 265 Å². The second kappa shape index (κ2) is 20.5. The molecule has 10 rings (SSSR count). The van der Waals surface area contributed by atoms with E-state index >= 15 is 8.78 Å². The molecule has 23 heteroatoms. The van der Waals surface area contributed by atoms with Crippen LogP contribution in [0.25, 0.3) is 22.0 Å². The van der Waals surface area contributed by atoms with E-state index < -0.39 is 52.8 Å². The van der Waals surface area contributed by atoms with Gasteiger partial charge in [-0.05, 0) is 95.0 Å². The van der Waals surface area contributed by atoms with Crippen LogP contribution in [-0.4, -0.2) is 119 Å². The van der Waals surface area contributed by atoms with Crippen molar-refractivity contribution in [1.29, 1.82) is 5.26 Å². The van der Waals surface area contributed by atoms with Crippen LogP contribution in [0.2, 0.25) is 0 Å². The Balaban J connectivity index is 0.706. The summed E-state index contributed by atoms with van der Waals surface area (Å²) in [6.07, 6.45) is 5.36. The molecule has 4 aliphatic rings. The van der Waals surface area contributed by atoms with Crippen LogP contribution in [0.5, 0.6) is 17.6 Å². The van der Waals surface area contributed by atoms with Crippen molar-refractivity contribution < 1.29 is 47.1 Å². The fourth-order valence-electron chi connectivity index (χ4n) is 10.8. The Kier molecular flexibility index (Phi) is 14.2. The Morgan fingerprint density at radius 3 is 2.57 bits per heavy atom. The number of aromatic hydroxyl groups is 1. The molecule has 2 aliphatic heterocycles. The molecule has 5 aromatic heterocycles. The molecule has 0 spiro atoms. The number of piperidine rings is 1. The zero-order chi connectivity index (χ0) is 53.0. The molecule has 19 nitrogen and oxygen atoms in total. The number of halogens is 2. The number of nitrogens with zero attached hydrogens (tertiary/aromatic N) is 9. The number of benzene rings is 1. The number of nitrogens with one attached hydrogen (secondary N) is 1. The Morgan fingerprint density at radius 2 is 1.85 bits per heavy atom. The largest absolute Gasteiger partial charge is 0.508 e. The smallest absolute Gasteiger partial charge is 0.317 e. The van der Waals surface area contributed by atoms with E-state index in [1.165, 1.54) is 45.8 Å². The van der Waals surface area contributed by atoms with Gasteiger partial charge in [-0.25, -0.2) is 18.7 Å². The van der Waals surface area contributed by atoms with E-state index in [2.05, 4.69) is 41.6 Å². The molecule has 0 radical (unpaired) electrons. The summed E-state index contributed by atoms with van der Waals surface area (Å²) >= 11 is 2.69. The number of nitriles is 1. The monoisotopic (exact) mass is 1070 g/mol. The number of phenols is 1. The summed E-state index contributed by atoms with van der Waals surface area (Å²) in [4.78, 5) is 51.1. The standard InChI is InChI=1S/C52H59F2N11O8S2/c1-27(2)41(47(69)65-22-30(66)17-36(65)46(68)59-28(3)31-18-34(53)32(19-37(31)67)43-29(4)58-26-74-43)38-20-40(62-72-38)70-25-52(54)12-15-64(16-13-52)23-51(10-11-51)24-71-49-57-14-8-35(60-49)45-61-48(73-63-45)50(5)9-6-7-39-42(50)33(21-55)44(56)75-39/h8,14,18-20,26-28,30,36,41,66-67H,6-7,9-13,15-17,22-25,56H2,1-5H3,(H,59,68)/t28-,30+,36-,41+,50-/m0/s1. The molecular weight excluding hydrogens is 1010 g/mol. The van der Waals surface area contributed by atoms with Crippen LogP contribution in [0.4, 0.5) is 13.8 Å². The highest BCUT2D eigenvalue weighted by molar-refractivity contribution is 7.16. The number of amides is 2. The summed E-state index contributed by atoms with van der Waals surface area (Å²) in [6.45, 7) is 10.7. The first-order chi connectivity index (χ1) is 35.9. The Morgan fingerprint density at radius 1 is 1.07 bits per heavy atom. The third-order valence-electron chi connectivity index (χ3n) is 15.3. The van der Waals surface area contributed by atoms with Crippen LogP contribution in [0.3, 0.4) is 0 Å². The van der Waals surface area contributed by atoms with Gasteiger partial charge in [0, 0.05) is 71.8 Å². The van der Waals surface area contributed by atoms with Gasteiger partial charge in [-0.2, -0.15) is 15.2 Å². The average Bonchev–Trinajstić information content (AvgIpc) is 4.01. The number of fused-ring (bicyclic) bond motifs is 1. The zero-order valence-electron chi connectivity index (χ0n) is 42.3. The molecule has 1 aromatic carbocycles. The number of hydrogen-bond acceptors (Lipinski definition) is 19. The van der Waals surface area contributed by atoms with Crippen molar-refractivity contribution >= 4 is 39.5 Å². The highest BCUT2D eigenvalue weighted by Gasteiger charge is 2.48. The number of β-amino-alcohol motifs (C(OH)–C–C–N with tert-alkyl or cyclic N) is 1. The number of anilines is 1. The van der Waals surface area contributed by atoms with Crippen LogP contribution in [0.15, 0.2) is 45.0 Å². The second-order valence-corrected chi connectivity index (χ2v) is 23.2. The minimum atomic E-state index is -1.64. The minimum Gasteiger partial charge on any atom is -0.508 e. The van der Waals surface area contributed by atoms with E-state index in [9.17, 15) is 25.1 Å². The SMILES string of the molecule is Cc1ncsc1-c1cc(O)c([C@H](C)NC(=O)[C@@H]2C[C@@H](O)CN2C(=O)[C@@H](c2cc(OCC3(F)CCN(CC4(COc5nccc(-c6noc([C@@]7(C)CCCc8sc(N)c(C#N)c87)n6)n5)CC4)CC3)no2)C(C)C)cc1F. The fourth-order valence-corrected chi connectivity index (χ4v) is 12.8. The molecule has 2 amide bonds. The molecule has 75 heavy (non-hydrogen) atoms. The van der Waals surface area contributed by atoms with E-state index in [-0.39, 0.29) is 84.1 Å². The molecule has 5 N–H and O–H groups in total. The molecule has 3 fully saturated rings. The third kappa shape index (κ3) is 10.4. The second-order valence-electron chi connectivity index (χ2n) is 21.2. The maximum absolute atomic E-state index is 16.3. The molecule has 2 aliphatic carbocycles. The molecule has 0 unspecified atom stereocenters. The maximum Gasteiger partial charge on any atom is 0.317 e. The fraction of sp³-hybridized carbons (Fsp3) is 0.519. The number of rotatable bonds is 17. The number of likely N-dealkylation sites (tertiary alicyclic amines) is 2. The van der Waals surface area contributed by atoms with Crippen molar-refractivity contribution in [2.24, 2.45) is 11.3 Å².